The molecule has 0 bridgehead atoms. The number of rotatable bonds is 6. The van der Waals surface area contributed by atoms with Gasteiger partial charge in [-0.15, -0.1) is 0 Å². The van der Waals surface area contributed by atoms with Crippen molar-refractivity contribution in [2.45, 2.75) is 76.1 Å². The average Bonchev–Trinajstić information content (AvgIpc) is 2.59. The maximum atomic E-state index is 12.2. The minimum absolute atomic E-state index is 0.0560. The number of carbonyl (C=O) groups is 1. The van der Waals surface area contributed by atoms with Gasteiger partial charge in [-0.2, -0.15) is 0 Å². The summed E-state index contributed by atoms with van der Waals surface area (Å²) >= 11 is 0. The van der Waals surface area contributed by atoms with E-state index in [1.807, 2.05) is 6.92 Å². The third-order valence-electron chi connectivity index (χ3n) is 5.27. The second kappa shape index (κ2) is 9.62. The minimum atomic E-state index is -0.741. The van der Waals surface area contributed by atoms with E-state index in [1.165, 1.54) is 19.3 Å². The number of nitrogens with one attached hydrogen (secondary N) is 2. The van der Waals surface area contributed by atoms with Crippen LogP contribution in [-0.4, -0.2) is 57.9 Å². The number of urea groups is 1. The zero-order valence-corrected chi connectivity index (χ0v) is 15.5. The van der Waals surface area contributed by atoms with Crippen LogP contribution in [0.2, 0.25) is 0 Å². The number of piperidine rings is 1. The first-order valence-electron chi connectivity index (χ1n) is 9.29. The monoisotopic (exact) mass is 343 g/mol. The third kappa shape index (κ3) is 5.75. The standard InChI is InChI=1S/C17H33N3O2S/c1-3-20-11-6-5-9-15(20)13-18-17(21)19-14-8-7-10-16(12-14)23(22)4-2/h14-16H,3-13H2,1-2H3,(H2,18,19,21)/t14-,15+,16-,23+/m1/s1. The van der Waals surface area contributed by atoms with E-state index in [-0.39, 0.29) is 17.3 Å². The Balaban J connectivity index is 1.72. The predicted molar refractivity (Wildman–Crippen MR) is 96.1 cm³/mol. The molecule has 1 saturated heterocycles. The lowest BCUT2D eigenvalue weighted by molar-refractivity contribution is 0.153. The summed E-state index contributed by atoms with van der Waals surface area (Å²) in [6.07, 6.45) is 7.68. The van der Waals surface area contributed by atoms with E-state index in [4.69, 9.17) is 0 Å². The molecule has 2 rings (SSSR count). The largest absolute Gasteiger partial charge is 0.337 e. The topological polar surface area (TPSA) is 61.4 Å². The Morgan fingerprint density at radius 2 is 2.00 bits per heavy atom. The van der Waals surface area contributed by atoms with Crippen molar-refractivity contribution in [3.63, 3.8) is 0 Å². The first kappa shape index (κ1) is 18.7. The van der Waals surface area contributed by atoms with Crippen LogP contribution < -0.4 is 10.6 Å². The van der Waals surface area contributed by atoms with Gasteiger partial charge in [0.1, 0.15) is 0 Å². The van der Waals surface area contributed by atoms with Crippen molar-refractivity contribution in [3.05, 3.63) is 0 Å². The fourth-order valence-corrected chi connectivity index (χ4v) is 5.25. The molecule has 2 amide bonds. The van der Waals surface area contributed by atoms with Gasteiger partial charge in [0.05, 0.1) is 0 Å². The zero-order chi connectivity index (χ0) is 16.7. The molecule has 2 N–H and O–H groups in total. The molecule has 1 saturated carbocycles. The maximum absolute atomic E-state index is 12.2. The number of hydrogen-bond acceptors (Lipinski definition) is 3. The van der Waals surface area contributed by atoms with Gasteiger partial charge in [0.25, 0.3) is 0 Å². The Kier molecular flexibility index (Phi) is 7.83. The summed E-state index contributed by atoms with van der Waals surface area (Å²) in [6, 6.07) is 0.601. The lowest BCUT2D eigenvalue weighted by Crippen LogP contribution is -2.51. The summed E-state index contributed by atoms with van der Waals surface area (Å²) in [6.45, 7) is 7.10. The molecule has 0 radical (unpaired) electrons. The normalized spacial score (nSPS) is 30.6. The van der Waals surface area contributed by atoms with Crippen LogP contribution in [0.5, 0.6) is 0 Å². The van der Waals surface area contributed by atoms with E-state index in [0.717, 1.165) is 51.1 Å². The summed E-state index contributed by atoms with van der Waals surface area (Å²) in [4.78, 5) is 14.6. The van der Waals surface area contributed by atoms with Gasteiger partial charge in [0.15, 0.2) is 0 Å². The van der Waals surface area contributed by atoms with Gasteiger partial charge < -0.3 is 10.6 Å². The van der Waals surface area contributed by atoms with Crippen molar-refractivity contribution in [2.24, 2.45) is 0 Å². The summed E-state index contributed by atoms with van der Waals surface area (Å²) < 4.78 is 12.0. The fourth-order valence-electron chi connectivity index (χ4n) is 3.90. The molecule has 0 spiro atoms. The van der Waals surface area contributed by atoms with Crippen molar-refractivity contribution in [1.29, 1.82) is 0 Å². The molecule has 134 valence electrons. The van der Waals surface area contributed by atoms with E-state index in [1.54, 1.807) is 0 Å². The van der Waals surface area contributed by atoms with E-state index >= 15 is 0 Å². The highest BCUT2D eigenvalue weighted by atomic mass is 32.2. The van der Waals surface area contributed by atoms with Crippen molar-refractivity contribution >= 4 is 16.8 Å². The molecule has 23 heavy (non-hydrogen) atoms. The number of likely N-dealkylation sites (tertiary alicyclic amines) is 1. The lowest BCUT2D eigenvalue weighted by atomic mass is 9.95. The number of carbonyl (C=O) groups excluding carboxylic acids is 1. The Morgan fingerprint density at radius 3 is 2.74 bits per heavy atom. The Morgan fingerprint density at radius 1 is 1.17 bits per heavy atom. The SMILES string of the molecule is CCN1CCCC[C@H]1CNC(=O)N[C@@H]1CCC[C@@H]([S@@](=O)CC)C1. The van der Waals surface area contributed by atoms with Gasteiger partial charge in [-0.25, -0.2) is 4.79 Å². The molecule has 0 aromatic heterocycles. The number of likely N-dealkylation sites (N-methyl/N-ethyl adjacent to an activating group) is 1. The van der Waals surface area contributed by atoms with Gasteiger partial charge in [-0.3, -0.25) is 9.11 Å². The van der Waals surface area contributed by atoms with Crippen LogP contribution in [0.4, 0.5) is 4.79 Å². The van der Waals surface area contributed by atoms with Crippen LogP contribution in [-0.2, 0) is 10.8 Å². The molecule has 0 aromatic rings. The molecule has 5 nitrogen and oxygen atoms in total. The number of hydrogen-bond donors (Lipinski definition) is 2. The van der Waals surface area contributed by atoms with E-state index < -0.39 is 10.8 Å². The first-order chi connectivity index (χ1) is 11.1. The lowest BCUT2D eigenvalue weighted by Gasteiger charge is -2.35. The Hall–Kier alpha value is -0.620. The summed E-state index contributed by atoms with van der Waals surface area (Å²) in [5, 5.41) is 6.41. The van der Waals surface area contributed by atoms with Crippen LogP contribution in [0, 0.1) is 0 Å². The fraction of sp³-hybridized carbons (Fsp3) is 0.941. The van der Waals surface area contributed by atoms with Gasteiger partial charge in [0, 0.05) is 40.4 Å². The molecule has 1 heterocycles. The second-order valence-corrected chi connectivity index (χ2v) is 8.79. The molecule has 1 aliphatic heterocycles. The van der Waals surface area contributed by atoms with Crippen LogP contribution in [0.1, 0.15) is 58.8 Å². The van der Waals surface area contributed by atoms with Crippen LogP contribution in [0.25, 0.3) is 0 Å². The molecule has 2 fully saturated rings. The van der Waals surface area contributed by atoms with Crippen molar-refractivity contribution in [1.82, 2.24) is 15.5 Å². The van der Waals surface area contributed by atoms with Crippen LogP contribution in [0.15, 0.2) is 0 Å². The van der Waals surface area contributed by atoms with Crippen molar-refractivity contribution < 1.29 is 9.00 Å². The number of nitrogens with zero attached hydrogens (tertiary/aromatic N) is 1. The predicted octanol–water partition coefficient (Wildman–Crippen LogP) is 2.24. The first-order valence-corrected chi connectivity index (χ1v) is 10.7. The smallest absolute Gasteiger partial charge is 0.315 e. The quantitative estimate of drug-likeness (QED) is 0.777. The highest BCUT2D eigenvalue weighted by Crippen LogP contribution is 2.23. The zero-order valence-electron chi connectivity index (χ0n) is 14.7. The minimum Gasteiger partial charge on any atom is -0.337 e. The number of amides is 2. The van der Waals surface area contributed by atoms with Crippen molar-refractivity contribution in [3.8, 4) is 0 Å². The second-order valence-electron chi connectivity index (χ2n) is 6.79. The van der Waals surface area contributed by atoms with E-state index in [0.29, 0.717) is 6.04 Å². The molecule has 4 atom stereocenters. The maximum Gasteiger partial charge on any atom is 0.315 e. The molecule has 1 aliphatic carbocycles. The molecule has 0 aromatic carbocycles. The van der Waals surface area contributed by atoms with Crippen LogP contribution in [0.3, 0.4) is 0 Å². The van der Waals surface area contributed by atoms with Crippen molar-refractivity contribution in [2.75, 3.05) is 25.4 Å². The molecular formula is C17H33N3O2S. The summed E-state index contributed by atoms with van der Waals surface area (Å²) in [5.41, 5.74) is 0. The summed E-state index contributed by atoms with van der Waals surface area (Å²) in [5.74, 6) is 0.720. The Bertz CT molecular complexity index is 405. The molecule has 6 heteroatoms. The highest BCUT2D eigenvalue weighted by molar-refractivity contribution is 7.85. The van der Waals surface area contributed by atoms with E-state index in [9.17, 15) is 9.00 Å². The molecule has 0 unspecified atom stereocenters. The average molecular weight is 344 g/mol. The van der Waals surface area contributed by atoms with Gasteiger partial charge in [0.2, 0.25) is 0 Å². The van der Waals surface area contributed by atoms with Gasteiger partial charge in [-0.05, 0) is 45.2 Å². The third-order valence-corrected chi connectivity index (χ3v) is 7.01. The highest BCUT2D eigenvalue weighted by Gasteiger charge is 2.27. The summed E-state index contributed by atoms with van der Waals surface area (Å²) in [7, 11) is -0.741. The molecule has 2 aliphatic rings. The van der Waals surface area contributed by atoms with E-state index in [2.05, 4.69) is 22.5 Å². The van der Waals surface area contributed by atoms with Crippen LogP contribution >= 0.6 is 0 Å². The Labute approximate surface area is 143 Å². The molecular weight excluding hydrogens is 310 g/mol. The van der Waals surface area contributed by atoms with Gasteiger partial charge >= 0.3 is 6.03 Å². The van der Waals surface area contributed by atoms with Gasteiger partial charge in [-0.1, -0.05) is 26.7 Å².